The Morgan fingerprint density at radius 3 is 2.00 bits per heavy atom. The zero-order chi connectivity index (χ0) is 19.5. The average Bonchev–Trinajstić information content (AvgIpc) is 2.43. The van der Waals surface area contributed by atoms with Crippen LogP contribution in [0.1, 0.15) is 65.2 Å². The highest BCUT2D eigenvalue weighted by atomic mass is 35.5. The van der Waals surface area contributed by atoms with E-state index in [9.17, 15) is 4.79 Å². The molecule has 0 amide bonds. The Kier molecular flexibility index (Phi) is 7.31. The van der Waals surface area contributed by atoms with E-state index in [1.165, 1.54) is 0 Å². The number of rotatable bonds is 6. The molecule has 0 aliphatic rings. The number of halogens is 1. The lowest BCUT2D eigenvalue weighted by Gasteiger charge is -2.39. The van der Waals surface area contributed by atoms with Crippen LogP contribution < -0.4 is 0 Å². The van der Waals surface area contributed by atoms with Gasteiger partial charge in [0.1, 0.15) is 5.60 Å². The number of benzene rings is 1. The monoisotopic (exact) mass is 384 g/mol. The molecule has 1 rings (SSSR count). The van der Waals surface area contributed by atoms with Crippen LogP contribution in [0.4, 0.5) is 0 Å². The fraction of sp³-hybridized carbons (Fsp3) is 0.650. The van der Waals surface area contributed by atoms with Crippen LogP contribution in [-0.2, 0) is 19.8 Å². The Bertz CT molecular complexity index is 568. The Labute approximate surface area is 159 Å². The van der Waals surface area contributed by atoms with Crippen molar-refractivity contribution in [3.8, 4) is 0 Å². The van der Waals surface area contributed by atoms with Crippen LogP contribution >= 0.6 is 11.6 Å². The molecule has 0 aromatic heterocycles. The molecule has 0 heterocycles. The summed E-state index contributed by atoms with van der Waals surface area (Å²) in [5.41, 5.74) is 1.54. The molecule has 1 unspecified atom stereocenters. The minimum atomic E-state index is -2.03. The van der Waals surface area contributed by atoms with Crippen molar-refractivity contribution in [2.45, 2.75) is 83.7 Å². The SMILES string of the molecule is CC(C)(C)OC(=O)CC(O[Si](C)(C)C(C)(C)C)c1ccc(CCl)cc1. The van der Waals surface area contributed by atoms with Gasteiger partial charge < -0.3 is 9.16 Å². The van der Waals surface area contributed by atoms with Gasteiger partial charge in [-0.1, -0.05) is 45.0 Å². The minimum absolute atomic E-state index is 0.0647. The summed E-state index contributed by atoms with van der Waals surface area (Å²) in [5.74, 6) is 0.234. The van der Waals surface area contributed by atoms with Gasteiger partial charge in [0.05, 0.1) is 12.5 Å². The van der Waals surface area contributed by atoms with Gasteiger partial charge in [-0.15, -0.1) is 11.6 Å². The number of esters is 1. The third-order valence-corrected chi connectivity index (χ3v) is 9.32. The Balaban J connectivity index is 3.06. The molecular formula is C20H33ClO3Si. The third kappa shape index (κ3) is 7.12. The van der Waals surface area contributed by atoms with Crippen LogP contribution in [0.2, 0.25) is 18.1 Å². The average molecular weight is 385 g/mol. The smallest absolute Gasteiger partial charge is 0.309 e. The molecule has 25 heavy (non-hydrogen) atoms. The van der Waals surface area contributed by atoms with Crippen LogP contribution in [0.5, 0.6) is 0 Å². The fourth-order valence-electron chi connectivity index (χ4n) is 2.12. The van der Waals surface area contributed by atoms with Crippen molar-refractivity contribution >= 4 is 25.9 Å². The summed E-state index contributed by atoms with van der Waals surface area (Å²) in [6, 6.07) is 7.97. The molecule has 1 aromatic carbocycles. The molecule has 5 heteroatoms. The maximum absolute atomic E-state index is 12.4. The largest absolute Gasteiger partial charge is 0.460 e. The summed E-state index contributed by atoms with van der Waals surface area (Å²) in [6.07, 6.45) is -0.0931. The van der Waals surface area contributed by atoms with Crippen molar-refractivity contribution in [2.24, 2.45) is 0 Å². The highest BCUT2D eigenvalue weighted by molar-refractivity contribution is 6.74. The Morgan fingerprint density at radius 2 is 1.60 bits per heavy atom. The van der Waals surface area contributed by atoms with Gasteiger partial charge in [-0.3, -0.25) is 4.79 Å². The number of alkyl halides is 1. The molecule has 0 saturated carbocycles. The predicted molar refractivity (Wildman–Crippen MR) is 107 cm³/mol. The van der Waals surface area contributed by atoms with Crippen LogP contribution in [0.3, 0.4) is 0 Å². The molecule has 0 aliphatic carbocycles. The van der Waals surface area contributed by atoms with Crippen molar-refractivity contribution in [1.82, 2.24) is 0 Å². The first-order chi connectivity index (χ1) is 11.2. The van der Waals surface area contributed by atoms with E-state index in [1.807, 2.05) is 45.0 Å². The van der Waals surface area contributed by atoms with E-state index in [0.29, 0.717) is 5.88 Å². The predicted octanol–water partition coefficient (Wildman–Crippen LogP) is 6.22. The molecule has 3 nitrogen and oxygen atoms in total. The Hall–Kier alpha value is -0.843. The molecule has 0 radical (unpaired) electrons. The maximum Gasteiger partial charge on any atom is 0.309 e. The van der Waals surface area contributed by atoms with E-state index >= 15 is 0 Å². The van der Waals surface area contributed by atoms with Crippen LogP contribution in [-0.4, -0.2) is 19.9 Å². The maximum atomic E-state index is 12.4. The van der Waals surface area contributed by atoms with Gasteiger partial charge in [-0.2, -0.15) is 0 Å². The van der Waals surface area contributed by atoms with Gasteiger partial charge in [0.25, 0.3) is 0 Å². The third-order valence-electron chi connectivity index (χ3n) is 4.52. The number of carbonyl (C=O) groups is 1. The quantitative estimate of drug-likeness (QED) is 0.331. The van der Waals surface area contributed by atoms with Gasteiger partial charge in [-0.05, 0) is 50.0 Å². The van der Waals surface area contributed by atoms with Crippen molar-refractivity contribution in [3.63, 3.8) is 0 Å². The number of carbonyl (C=O) groups excluding carboxylic acids is 1. The van der Waals surface area contributed by atoms with Crippen molar-refractivity contribution < 1.29 is 14.0 Å². The zero-order valence-electron chi connectivity index (χ0n) is 16.9. The second kappa shape index (κ2) is 8.23. The first-order valence-corrected chi connectivity index (χ1v) is 12.2. The summed E-state index contributed by atoms with van der Waals surface area (Å²) < 4.78 is 12.1. The van der Waals surface area contributed by atoms with Crippen LogP contribution in [0.15, 0.2) is 24.3 Å². The molecule has 0 N–H and O–H groups in total. The summed E-state index contributed by atoms with van der Waals surface area (Å²) in [5, 5.41) is 0.0647. The molecule has 142 valence electrons. The lowest BCUT2D eigenvalue weighted by molar-refractivity contribution is -0.156. The van der Waals surface area contributed by atoms with E-state index in [-0.39, 0.29) is 23.5 Å². The lowest BCUT2D eigenvalue weighted by atomic mass is 10.0. The minimum Gasteiger partial charge on any atom is -0.460 e. The van der Waals surface area contributed by atoms with Crippen molar-refractivity contribution in [1.29, 1.82) is 0 Å². The van der Waals surface area contributed by atoms with Gasteiger partial charge in [0, 0.05) is 5.88 Å². The lowest BCUT2D eigenvalue weighted by Crippen LogP contribution is -2.42. The molecule has 0 spiro atoms. The second-order valence-corrected chi connectivity index (χ2v) is 14.1. The number of ether oxygens (including phenoxy) is 1. The first-order valence-electron chi connectivity index (χ1n) is 8.79. The Morgan fingerprint density at radius 1 is 1.08 bits per heavy atom. The van der Waals surface area contributed by atoms with Crippen molar-refractivity contribution in [3.05, 3.63) is 35.4 Å². The van der Waals surface area contributed by atoms with E-state index in [4.69, 9.17) is 20.8 Å². The molecule has 1 atom stereocenters. The van der Waals surface area contributed by atoms with Gasteiger partial charge >= 0.3 is 5.97 Å². The number of hydrogen-bond acceptors (Lipinski definition) is 3. The summed E-state index contributed by atoms with van der Waals surface area (Å²) >= 11 is 5.88. The second-order valence-electron chi connectivity index (χ2n) is 9.03. The van der Waals surface area contributed by atoms with Crippen LogP contribution in [0, 0.1) is 0 Å². The summed E-state index contributed by atoms with van der Waals surface area (Å²) in [6.45, 7) is 16.6. The molecule has 0 saturated heterocycles. The van der Waals surface area contributed by atoms with E-state index in [0.717, 1.165) is 11.1 Å². The van der Waals surface area contributed by atoms with Crippen molar-refractivity contribution in [2.75, 3.05) is 0 Å². The number of hydrogen-bond donors (Lipinski definition) is 0. The van der Waals surface area contributed by atoms with Gasteiger partial charge in [0.2, 0.25) is 0 Å². The molecule has 1 aromatic rings. The molecule has 0 bridgehead atoms. The standard InChI is InChI=1S/C20H33ClO3Si/c1-19(2,3)23-18(22)13-17(24-25(7,8)20(4,5)6)16-11-9-15(14-21)10-12-16/h9-12,17H,13-14H2,1-8H3. The van der Waals surface area contributed by atoms with E-state index in [1.54, 1.807) is 0 Å². The van der Waals surface area contributed by atoms with E-state index < -0.39 is 13.9 Å². The summed E-state index contributed by atoms with van der Waals surface area (Å²) in [4.78, 5) is 12.4. The normalized spacial score (nSPS) is 14.3. The molecular weight excluding hydrogens is 352 g/mol. The molecule has 0 fully saturated rings. The first kappa shape index (κ1) is 22.2. The van der Waals surface area contributed by atoms with E-state index in [2.05, 4.69) is 33.9 Å². The fourth-order valence-corrected chi connectivity index (χ4v) is 3.58. The van der Waals surface area contributed by atoms with Gasteiger partial charge in [0.15, 0.2) is 8.32 Å². The zero-order valence-corrected chi connectivity index (χ0v) is 18.7. The van der Waals surface area contributed by atoms with Gasteiger partial charge in [-0.25, -0.2) is 0 Å². The summed E-state index contributed by atoms with van der Waals surface area (Å²) in [7, 11) is -2.03. The topological polar surface area (TPSA) is 35.5 Å². The van der Waals surface area contributed by atoms with Crippen LogP contribution in [0.25, 0.3) is 0 Å². The molecule has 0 aliphatic heterocycles. The highest BCUT2D eigenvalue weighted by Crippen LogP contribution is 2.40. The highest BCUT2D eigenvalue weighted by Gasteiger charge is 2.40.